The molecule has 0 aliphatic heterocycles. The number of aliphatic carboxylic acids is 1. The molecule has 0 fully saturated rings. The first-order valence-electron chi connectivity index (χ1n) is 22.0. The summed E-state index contributed by atoms with van der Waals surface area (Å²) >= 11 is 0. The van der Waals surface area contributed by atoms with E-state index in [1.165, 1.54) is 103 Å². The Kier molecular flexibility index (Phi) is 37.9. The number of rotatable bonds is 41. The molecule has 11 nitrogen and oxygen atoms in total. The van der Waals surface area contributed by atoms with Crippen LogP contribution in [0.3, 0.4) is 0 Å². The Bertz CT molecular complexity index is 1100. The van der Waals surface area contributed by atoms with E-state index in [0.29, 0.717) is 12.8 Å². The van der Waals surface area contributed by atoms with Crippen molar-refractivity contribution in [1.82, 2.24) is 0 Å². The van der Waals surface area contributed by atoms with Crippen molar-refractivity contribution in [3.05, 3.63) is 36.5 Å². The number of carbonyl (C=O) groups is 3. The second-order valence-electron chi connectivity index (χ2n) is 14.8. The van der Waals surface area contributed by atoms with Gasteiger partial charge in [-0.2, -0.15) is 0 Å². The van der Waals surface area contributed by atoms with Crippen LogP contribution in [0.1, 0.15) is 194 Å². The van der Waals surface area contributed by atoms with Crippen molar-refractivity contribution in [2.75, 3.05) is 19.8 Å². The zero-order valence-corrected chi connectivity index (χ0v) is 36.1. The zero-order valence-electron chi connectivity index (χ0n) is 35.2. The average Bonchev–Trinajstić information content (AvgIpc) is 3.17. The molecule has 0 aromatic rings. The van der Waals surface area contributed by atoms with Crippen LogP contribution in [0.2, 0.25) is 0 Å². The second kappa shape index (κ2) is 39.5. The quantitative estimate of drug-likeness (QED) is 0.0232. The highest BCUT2D eigenvalue weighted by molar-refractivity contribution is 7.47. The summed E-state index contributed by atoms with van der Waals surface area (Å²) in [6, 6.07) is -1.53. The van der Waals surface area contributed by atoms with Crippen LogP contribution in [0.25, 0.3) is 0 Å². The highest BCUT2D eigenvalue weighted by Gasteiger charge is 2.28. The van der Waals surface area contributed by atoms with Crippen LogP contribution in [0, 0.1) is 0 Å². The van der Waals surface area contributed by atoms with Gasteiger partial charge in [0, 0.05) is 12.8 Å². The molecule has 0 bridgehead atoms. The van der Waals surface area contributed by atoms with Crippen molar-refractivity contribution in [2.24, 2.45) is 5.73 Å². The van der Waals surface area contributed by atoms with E-state index in [2.05, 4.69) is 54.8 Å². The van der Waals surface area contributed by atoms with E-state index in [4.69, 9.17) is 24.8 Å². The summed E-state index contributed by atoms with van der Waals surface area (Å²) in [5, 5.41) is 8.89. The Balaban J connectivity index is 4.40. The first-order chi connectivity index (χ1) is 27.1. The summed E-state index contributed by atoms with van der Waals surface area (Å²) in [6.45, 7) is 2.75. The van der Waals surface area contributed by atoms with E-state index in [1.54, 1.807) is 0 Å². The summed E-state index contributed by atoms with van der Waals surface area (Å²) in [5.41, 5.74) is 5.33. The molecule has 0 aromatic carbocycles. The van der Waals surface area contributed by atoms with E-state index in [0.717, 1.165) is 51.4 Å². The molecule has 0 rings (SSSR count). The average molecular weight is 814 g/mol. The van der Waals surface area contributed by atoms with Crippen molar-refractivity contribution < 1.29 is 47.5 Å². The summed E-state index contributed by atoms with van der Waals surface area (Å²) < 4.78 is 32.7. The Morgan fingerprint density at radius 1 is 0.554 bits per heavy atom. The van der Waals surface area contributed by atoms with Gasteiger partial charge in [0.2, 0.25) is 0 Å². The number of carboxylic acids is 1. The van der Waals surface area contributed by atoms with E-state index < -0.39 is 51.1 Å². The minimum Gasteiger partial charge on any atom is -0.480 e. The molecule has 0 aromatic heterocycles. The standard InChI is InChI=1S/C44H80NO10P/c1-3-5-7-9-11-13-15-17-19-20-22-24-26-28-30-32-34-36-43(47)55-40(38-53-56(50,51)54-39-41(45)44(48)49)37-52-42(46)35-33-31-29-27-25-23-21-18-16-14-12-10-8-6-4-2/h12,14,18,21,25,27,40-41H,3-11,13,15-17,19-20,22-24,26,28-39,45H2,1-2H3,(H,48,49)(H,50,51)/b14-12-,21-18-,27-25-/t40-,41+/m1/s1. The summed E-state index contributed by atoms with van der Waals surface area (Å²) in [4.78, 5) is 45.9. The molecule has 0 saturated heterocycles. The van der Waals surface area contributed by atoms with Crippen molar-refractivity contribution in [1.29, 1.82) is 0 Å². The van der Waals surface area contributed by atoms with Gasteiger partial charge in [0.15, 0.2) is 6.10 Å². The Labute approximate surface area is 340 Å². The number of allylic oxidation sites excluding steroid dienone is 6. The van der Waals surface area contributed by atoms with Crippen LogP contribution >= 0.6 is 7.82 Å². The van der Waals surface area contributed by atoms with Crippen LogP contribution in [0.15, 0.2) is 36.5 Å². The molecule has 56 heavy (non-hydrogen) atoms. The van der Waals surface area contributed by atoms with Gasteiger partial charge in [-0.25, -0.2) is 4.57 Å². The third-order valence-corrected chi connectivity index (χ3v) is 10.3. The number of carbonyl (C=O) groups excluding carboxylic acids is 2. The highest BCUT2D eigenvalue weighted by atomic mass is 31.2. The van der Waals surface area contributed by atoms with Crippen molar-refractivity contribution in [3.63, 3.8) is 0 Å². The highest BCUT2D eigenvalue weighted by Crippen LogP contribution is 2.43. The molecule has 0 aliphatic rings. The lowest BCUT2D eigenvalue weighted by Gasteiger charge is -2.20. The predicted octanol–water partition coefficient (Wildman–Crippen LogP) is 11.6. The lowest BCUT2D eigenvalue weighted by Crippen LogP contribution is -2.34. The second-order valence-corrected chi connectivity index (χ2v) is 16.3. The molecule has 0 saturated carbocycles. The number of carboxylic acid groups (broad SMARTS) is 1. The number of phosphoric ester groups is 1. The molecule has 0 amide bonds. The Morgan fingerprint density at radius 2 is 0.946 bits per heavy atom. The molecular formula is C44H80NO10P. The Morgan fingerprint density at radius 3 is 1.45 bits per heavy atom. The van der Waals surface area contributed by atoms with Gasteiger partial charge in [0.25, 0.3) is 0 Å². The molecule has 326 valence electrons. The fourth-order valence-electron chi connectivity index (χ4n) is 5.90. The van der Waals surface area contributed by atoms with E-state index in [-0.39, 0.29) is 19.4 Å². The molecule has 0 radical (unpaired) electrons. The maximum Gasteiger partial charge on any atom is 0.472 e. The third kappa shape index (κ3) is 38.6. The molecule has 4 N–H and O–H groups in total. The zero-order chi connectivity index (χ0) is 41.4. The topological polar surface area (TPSA) is 172 Å². The van der Waals surface area contributed by atoms with Crippen LogP contribution in [0.4, 0.5) is 0 Å². The summed E-state index contributed by atoms with van der Waals surface area (Å²) in [7, 11) is -4.72. The number of nitrogens with two attached hydrogens (primary N) is 1. The monoisotopic (exact) mass is 814 g/mol. The lowest BCUT2D eigenvalue weighted by molar-refractivity contribution is -0.161. The summed E-state index contributed by atoms with van der Waals surface area (Å²) in [6.07, 6.45) is 42.1. The normalized spacial score (nSPS) is 14.1. The molecule has 3 atom stereocenters. The van der Waals surface area contributed by atoms with Gasteiger partial charge in [-0.15, -0.1) is 0 Å². The van der Waals surface area contributed by atoms with Gasteiger partial charge < -0.3 is 25.2 Å². The fourth-order valence-corrected chi connectivity index (χ4v) is 6.67. The van der Waals surface area contributed by atoms with Gasteiger partial charge in [-0.1, -0.05) is 166 Å². The number of ether oxygens (including phenoxy) is 2. The maximum absolute atomic E-state index is 12.6. The number of hydrogen-bond donors (Lipinski definition) is 3. The van der Waals surface area contributed by atoms with E-state index >= 15 is 0 Å². The third-order valence-electron chi connectivity index (χ3n) is 9.39. The Hall–Kier alpha value is -2.30. The van der Waals surface area contributed by atoms with E-state index in [1.807, 2.05) is 0 Å². The van der Waals surface area contributed by atoms with Crippen LogP contribution < -0.4 is 5.73 Å². The lowest BCUT2D eigenvalue weighted by atomic mass is 10.0. The first kappa shape index (κ1) is 53.7. The molecule has 12 heteroatoms. The van der Waals surface area contributed by atoms with Gasteiger partial charge in [0.1, 0.15) is 12.6 Å². The minimum atomic E-state index is -4.72. The first-order valence-corrected chi connectivity index (χ1v) is 23.5. The van der Waals surface area contributed by atoms with Gasteiger partial charge in [-0.3, -0.25) is 23.4 Å². The minimum absolute atomic E-state index is 0.156. The van der Waals surface area contributed by atoms with Crippen LogP contribution in [-0.4, -0.2) is 59.9 Å². The van der Waals surface area contributed by atoms with Gasteiger partial charge in [0.05, 0.1) is 13.2 Å². The predicted molar refractivity (Wildman–Crippen MR) is 226 cm³/mol. The van der Waals surface area contributed by atoms with Gasteiger partial charge in [-0.05, 0) is 51.4 Å². The van der Waals surface area contributed by atoms with Crippen LogP contribution in [0.5, 0.6) is 0 Å². The molecule has 0 heterocycles. The number of hydrogen-bond acceptors (Lipinski definition) is 9. The molecular weight excluding hydrogens is 733 g/mol. The molecule has 0 aliphatic carbocycles. The SMILES string of the molecule is CCCCC/C=C\C/C=C\C/C=C\CCCCC(=O)OC[C@H](COP(=O)(O)OC[C@H](N)C(=O)O)OC(=O)CCCCCCCCCCCCCCCCCCC. The molecule has 1 unspecified atom stereocenters. The van der Waals surface area contributed by atoms with Crippen molar-refractivity contribution in [3.8, 4) is 0 Å². The number of unbranched alkanes of at least 4 members (excludes halogenated alkanes) is 21. The largest absolute Gasteiger partial charge is 0.480 e. The van der Waals surface area contributed by atoms with Crippen molar-refractivity contribution >= 4 is 25.7 Å². The number of phosphoric acid groups is 1. The van der Waals surface area contributed by atoms with Crippen LogP contribution in [-0.2, 0) is 37.5 Å². The van der Waals surface area contributed by atoms with Crippen molar-refractivity contribution in [2.45, 2.75) is 206 Å². The molecule has 0 spiro atoms. The fraction of sp³-hybridized carbons (Fsp3) is 0.795. The maximum atomic E-state index is 12.6. The number of esters is 2. The van der Waals surface area contributed by atoms with E-state index in [9.17, 15) is 23.8 Å². The van der Waals surface area contributed by atoms with Gasteiger partial charge >= 0.3 is 25.7 Å². The summed E-state index contributed by atoms with van der Waals surface area (Å²) in [5.74, 6) is -2.42. The smallest absolute Gasteiger partial charge is 0.472 e.